The summed E-state index contributed by atoms with van der Waals surface area (Å²) in [5.41, 5.74) is 1.01. The number of carbonyl (C=O) groups is 2. The molecule has 0 aliphatic carbocycles. The molecule has 1 N–H and O–H groups in total. The first-order valence-corrected chi connectivity index (χ1v) is 13.7. The van der Waals surface area contributed by atoms with Gasteiger partial charge in [0.1, 0.15) is 11.8 Å². The van der Waals surface area contributed by atoms with Gasteiger partial charge in [-0.15, -0.1) is 0 Å². The van der Waals surface area contributed by atoms with E-state index in [9.17, 15) is 18.0 Å². The molecule has 2 aromatic rings. The number of hydrogen-bond acceptors (Lipinski definition) is 5. The maximum Gasteiger partial charge on any atom is 0.242 e. The molecule has 0 aliphatic heterocycles. The highest BCUT2D eigenvalue weighted by molar-refractivity contribution is 7.92. The van der Waals surface area contributed by atoms with E-state index in [1.54, 1.807) is 49.4 Å². The van der Waals surface area contributed by atoms with E-state index in [-0.39, 0.29) is 37.7 Å². The molecule has 11 heteroatoms. The first-order chi connectivity index (χ1) is 16.5. The summed E-state index contributed by atoms with van der Waals surface area (Å²) in [5, 5.41) is 3.32. The Balaban J connectivity index is 2.18. The lowest BCUT2D eigenvalue weighted by Gasteiger charge is -2.29. The minimum absolute atomic E-state index is 0.0203. The SMILES string of the molecule is CCOc1ccc(N(CCCC(=O)N(Cc2c(Cl)cccc2Cl)[C@@H](C)C(=O)NC)S(C)(=O)=O)cc1. The van der Waals surface area contributed by atoms with Crippen molar-refractivity contribution in [2.24, 2.45) is 0 Å². The topological polar surface area (TPSA) is 96.0 Å². The molecule has 0 fully saturated rings. The van der Waals surface area contributed by atoms with Crippen LogP contribution in [-0.2, 0) is 26.2 Å². The number of likely N-dealkylation sites (N-methyl/N-ethyl adjacent to an activating group) is 1. The molecule has 0 unspecified atom stereocenters. The lowest BCUT2D eigenvalue weighted by Crippen LogP contribution is -2.47. The average Bonchev–Trinajstić information content (AvgIpc) is 2.80. The van der Waals surface area contributed by atoms with E-state index in [1.807, 2.05) is 6.92 Å². The third-order valence-corrected chi connectivity index (χ3v) is 7.29. The summed E-state index contributed by atoms with van der Waals surface area (Å²) in [5.74, 6) is -0.0251. The molecule has 8 nitrogen and oxygen atoms in total. The third-order valence-electron chi connectivity index (χ3n) is 5.39. The Kier molecular flexibility index (Phi) is 10.7. The number of carbonyl (C=O) groups excluding carboxylic acids is 2. The Morgan fingerprint density at radius 3 is 2.20 bits per heavy atom. The number of nitrogens with one attached hydrogen (secondary N) is 1. The number of benzene rings is 2. The van der Waals surface area contributed by atoms with Crippen molar-refractivity contribution in [1.82, 2.24) is 10.2 Å². The zero-order valence-electron chi connectivity index (χ0n) is 20.3. The van der Waals surface area contributed by atoms with Crippen LogP contribution < -0.4 is 14.4 Å². The second-order valence-corrected chi connectivity index (χ2v) is 10.6. The zero-order valence-corrected chi connectivity index (χ0v) is 22.6. The van der Waals surface area contributed by atoms with Crippen molar-refractivity contribution in [2.75, 3.05) is 30.8 Å². The predicted octanol–water partition coefficient (Wildman–Crippen LogP) is 4.10. The van der Waals surface area contributed by atoms with Crippen molar-refractivity contribution < 1.29 is 22.7 Å². The summed E-state index contributed by atoms with van der Waals surface area (Å²) in [4.78, 5) is 26.9. The maximum absolute atomic E-state index is 13.2. The smallest absolute Gasteiger partial charge is 0.242 e. The molecule has 1 atom stereocenters. The monoisotopic (exact) mass is 543 g/mol. The van der Waals surface area contributed by atoms with E-state index >= 15 is 0 Å². The van der Waals surface area contributed by atoms with E-state index in [2.05, 4.69) is 5.32 Å². The van der Waals surface area contributed by atoms with Crippen molar-refractivity contribution in [3.63, 3.8) is 0 Å². The molecule has 2 amide bonds. The van der Waals surface area contributed by atoms with Crippen LogP contribution in [0.15, 0.2) is 42.5 Å². The van der Waals surface area contributed by atoms with Gasteiger partial charge in [0.25, 0.3) is 0 Å². The molecule has 192 valence electrons. The van der Waals surface area contributed by atoms with Crippen molar-refractivity contribution in [2.45, 2.75) is 39.3 Å². The van der Waals surface area contributed by atoms with Crippen LogP contribution in [0.1, 0.15) is 32.3 Å². The van der Waals surface area contributed by atoms with Gasteiger partial charge in [0.05, 0.1) is 18.6 Å². The van der Waals surface area contributed by atoms with Crippen LogP contribution in [0.25, 0.3) is 0 Å². The second-order valence-electron chi connectivity index (χ2n) is 7.88. The maximum atomic E-state index is 13.2. The Morgan fingerprint density at radius 1 is 1.09 bits per heavy atom. The quantitative estimate of drug-likeness (QED) is 0.434. The third kappa shape index (κ3) is 8.02. The summed E-state index contributed by atoms with van der Waals surface area (Å²) >= 11 is 12.6. The van der Waals surface area contributed by atoms with Gasteiger partial charge < -0.3 is 15.0 Å². The van der Waals surface area contributed by atoms with Gasteiger partial charge in [-0.1, -0.05) is 29.3 Å². The van der Waals surface area contributed by atoms with Crippen molar-refractivity contribution in [1.29, 1.82) is 0 Å². The van der Waals surface area contributed by atoms with Crippen molar-refractivity contribution >= 4 is 50.7 Å². The fourth-order valence-corrected chi connectivity index (χ4v) is 5.01. The molecule has 0 spiro atoms. The summed E-state index contributed by atoms with van der Waals surface area (Å²) < 4.78 is 31.5. The fourth-order valence-electron chi connectivity index (χ4n) is 3.52. The Hall–Kier alpha value is -2.49. The van der Waals surface area contributed by atoms with Crippen LogP contribution in [0.3, 0.4) is 0 Å². The number of halogens is 2. The molecule has 0 bridgehead atoms. The lowest BCUT2D eigenvalue weighted by atomic mass is 10.1. The normalized spacial score (nSPS) is 12.1. The molecule has 35 heavy (non-hydrogen) atoms. The molecule has 2 aromatic carbocycles. The summed E-state index contributed by atoms with van der Waals surface area (Å²) in [7, 11) is -2.10. The van der Waals surface area contributed by atoms with Gasteiger partial charge in [0.15, 0.2) is 0 Å². The standard InChI is InChI=1S/C24H31Cl2N3O5S/c1-5-34-19-13-11-18(12-14-19)29(35(4,32)33)15-7-10-23(30)28(17(2)24(31)27-3)16-20-21(25)8-6-9-22(20)26/h6,8-9,11-14,17H,5,7,10,15-16H2,1-4H3,(H,27,31)/t17-/m0/s1. The van der Waals surface area contributed by atoms with Crippen LogP contribution in [0.5, 0.6) is 5.75 Å². The van der Waals surface area contributed by atoms with Crippen LogP contribution in [0.4, 0.5) is 5.69 Å². The molecule has 0 saturated heterocycles. The number of rotatable bonds is 12. The van der Waals surface area contributed by atoms with Gasteiger partial charge >= 0.3 is 0 Å². The minimum Gasteiger partial charge on any atom is -0.494 e. The van der Waals surface area contributed by atoms with E-state index in [4.69, 9.17) is 27.9 Å². The van der Waals surface area contributed by atoms with Gasteiger partial charge in [-0.3, -0.25) is 13.9 Å². The van der Waals surface area contributed by atoms with Crippen molar-refractivity contribution in [3.8, 4) is 5.75 Å². The molecular weight excluding hydrogens is 513 g/mol. The largest absolute Gasteiger partial charge is 0.494 e. The molecule has 0 radical (unpaired) electrons. The number of nitrogens with zero attached hydrogens (tertiary/aromatic N) is 2. The highest BCUT2D eigenvalue weighted by Crippen LogP contribution is 2.27. The summed E-state index contributed by atoms with van der Waals surface area (Å²) in [6.07, 6.45) is 1.38. The van der Waals surface area contributed by atoms with Gasteiger partial charge in [0, 0.05) is 42.2 Å². The van der Waals surface area contributed by atoms with E-state index in [0.717, 1.165) is 6.26 Å². The van der Waals surface area contributed by atoms with E-state index in [0.29, 0.717) is 33.7 Å². The Labute approximate surface area is 217 Å². The van der Waals surface area contributed by atoms with Gasteiger partial charge in [-0.2, -0.15) is 0 Å². The highest BCUT2D eigenvalue weighted by Gasteiger charge is 2.27. The zero-order chi connectivity index (χ0) is 26.2. The molecule has 0 saturated carbocycles. The van der Waals surface area contributed by atoms with Crippen molar-refractivity contribution in [3.05, 3.63) is 58.1 Å². The minimum atomic E-state index is -3.59. The van der Waals surface area contributed by atoms with E-state index < -0.39 is 16.1 Å². The van der Waals surface area contributed by atoms with Crippen LogP contribution in [0, 0.1) is 0 Å². The van der Waals surface area contributed by atoms with Gasteiger partial charge in [-0.25, -0.2) is 8.42 Å². The molecule has 2 rings (SSSR count). The lowest BCUT2D eigenvalue weighted by molar-refractivity contribution is -0.140. The molecule has 0 heterocycles. The first kappa shape index (κ1) is 28.7. The molecule has 0 aliphatic rings. The number of amides is 2. The van der Waals surface area contributed by atoms with Crippen LogP contribution in [0.2, 0.25) is 10.0 Å². The highest BCUT2D eigenvalue weighted by atomic mass is 35.5. The number of anilines is 1. The Morgan fingerprint density at radius 2 is 1.69 bits per heavy atom. The number of sulfonamides is 1. The number of ether oxygens (including phenoxy) is 1. The molecular formula is C24H31Cl2N3O5S. The van der Waals surface area contributed by atoms with Gasteiger partial charge in [0.2, 0.25) is 21.8 Å². The first-order valence-electron chi connectivity index (χ1n) is 11.1. The summed E-state index contributed by atoms with van der Waals surface area (Å²) in [6.45, 7) is 4.11. The van der Waals surface area contributed by atoms with Crippen LogP contribution in [-0.4, -0.2) is 57.6 Å². The van der Waals surface area contributed by atoms with Crippen LogP contribution >= 0.6 is 23.2 Å². The Bertz CT molecular complexity index is 1110. The second kappa shape index (κ2) is 13.0. The average molecular weight is 545 g/mol. The molecule has 0 aromatic heterocycles. The van der Waals surface area contributed by atoms with Gasteiger partial charge in [-0.05, 0) is 56.7 Å². The number of hydrogen-bond donors (Lipinski definition) is 1. The predicted molar refractivity (Wildman–Crippen MR) is 140 cm³/mol. The van der Waals surface area contributed by atoms with E-state index in [1.165, 1.54) is 16.3 Å². The fraction of sp³-hybridized carbons (Fsp3) is 0.417. The summed E-state index contributed by atoms with van der Waals surface area (Å²) in [6, 6.07) is 11.0.